The number of rotatable bonds is 2. The normalized spacial score (nSPS) is 12.5. The first-order valence-electron chi connectivity index (χ1n) is 3.04. The van der Waals surface area contributed by atoms with Crippen molar-refractivity contribution in [2.24, 2.45) is 5.73 Å². The van der Waals surface area contributed by atoms with Gasteiger partial charge in [-0.15, -0.1) is 0 Å². The number of carbonyl (C=O) groups is 1. The van der Waals surface area contributed by atoms with Gasteiger partial charge >= 0.3 is 5.97 Å². The molecule has 11 heavy (non-hydrogen) atoms. The minimum Gasteiger partial charge on any atom is -0.403 e. The summed E-state index contributed by atoms with van der Waals surface area (Å²) in [4.78, 5) is 10.8. The quantitative estimate of drug-likeness (QED) is 0.539. The van der Waals surface area contributed by atoms with Crippen molar-refractivity contribution in [2.75, 3.05) is 0 Å². The Hall–Kier alpha value is -1.43. The van der Waals surface area contributed by atoms with Crippen molar-refractivity contribution in [3.05, 3.63) is 6.20 Å². The summed E-state index contributed by atoms with van der Waals surface area (Å²) in [5.41, 5.74) is 5.22. The molecule has 0 spiro atoms. The Morgan fingerprint density at radius 1 is 1.91 bits per heavy atom. The van der Waals surface area contributed by atoms with Crippen LogP contribution in [0.2, 0.25) is 0 Å². The number of ether oxygens (including phenoxy) is 1. The van der Waals surface area contributed by atoms with Crippen molar-refractivity contribution < 1.29 is 9.53 Å². The Balaban J connectivity index is 2.50. The van der Waals surface area contributed by atoms with Gasteiger partial charge in [-0.3, -0.25) is 5.10 Å². The summed E-state index contributed by atoms with van der Waals surface area (Å²) in [7, 11) is 0. The first kappa shape index (κ1) is 7.67. The van der Waals surface area contributed by atoms with E-state index in [1.165, 1.54) is 13.1 Å². The van der Waals surface area contributed by atoms with Gasteiger partial charge in [-0.05, 0) is 6.92 Å². The maximum atomic E-state index is 10.8. The highest BCUT2D eigenvalue weighted by molar-refractivity contribution is 5.76. The minimum atomic E-state index is -0.647. The number of nitrogens with two attached hydrogens (primary N) is 1. The molecular formula is C5H8N4O2. The van der Waals surface area contributed by atoms with Crippen LogP contribution in [-0.4, -0.2) is 27.4 Å². The van der Waals surface area contributed by atoms with Crippen LogP contribution in [-0.2, 0) is 4.79 Å². The van der Waals surface area contributed by atoms with Gasteiger partial charge in [0.1, 0.15) is 6.04 Å². The Kier molecular flexibility index (Phi) is 2.17. The van der Waals surface area contributed by atoms with E-state index in [-0.39, 0.29) is 5.88 Å². The fourth-order valence-electron chi connectivity index (χ4n) is 0.437. The molecule has 0 aliphatic heterocycles. The van der Waals surface area contributed by atoms with E-state index < -0.39 is 12.0 Å². The highest BCUT2D eigenvalue weighted by Gasteiger charge is 2.10. The SMILES string of the molecule is C[C@H](N)C(=O)Oc1c[nH]nn1. The lowest BCUT2D eigenvalue weighted by atomic mass is 10.4. The molecule has 1 rings (SSSR count). The lowest BCUT2D eigenvalue weighted by Gasteiger charge is -2.01. The summed E-state index contributed by atoms with van der Waals surface area (Å²) >= 11 is 0. The molecule has 0 saturated carbocycles. The molecule has 0 amide bonds. The van der Waals surface area contributed by atoms with Gasteiger partial charge in [0.15, 0.2) is 0 Å². The number of esters is 1. The molecule has 0 fully saturated rings. The molecule has 0 aromatic carbocycles. The molecule has 0 radical (unpaired) electrons. The summed E-state index contributed by atoms with van der Waals surface area (Å²) in [6.07, 6.45) is 1.36. The van der Waals surface area contributed by atoms with Gasteiger partial charge in [-0.1, -0.05) is 10.3 Å². The maximum absolute atomic E-state index is 10.8. The van der Waals surface area contributed by atoms with Crippen LogP contribution < -0.4 is 10.5 Å². The van der Waals surface area contributed by atoms with Crippen molar-refractivity contribution in [1.82, 2.24) is 15.4 Å². The van der Waals surface area contributed by atoms with Gasteiger partial charge in [0, 0.05) is 0 Å². The lowest BCUT2D eigenvalue weighted by molar-refractivity contribution is -0.135. The number of nitrogens with one attached hydrogen (secondary N) is 1. The first-order valence-corrected chi connectivity index (χ1v) is 3.04. The van der Waals surface area contributed by atoms with Crippen LogP contribution in [0, 0.1) is 0 Å². The topological polar surface area (TPSA) is 93.9 Å². The number of hydrogen-bond donors (Lipinski definition) is 2. The zero-order chi connectivity index (χ0) is 8.27. The van der Waals surface area contributed by atoms with Crippen molar-refractivity contribution in [3.8, 4) is 5.88 Å². The van der Waals surface area contributed by atoms with Gasteiger partial charge in [0.25, 0.3) is 5.88 Å². The third kappa shape index (κ3) is 2.01. The number of hydrogen-bond acceptors (Lipinski definition) is 5. The highest BCUT2D eigenvalue weighted by atomic mass is 16.5. The van der Waals surface area contributed by atoms with Crippen LogP contribution in [0.1, 0.15) is 6.92 Å². The van der Waals surface area contributed by atoms with E-state index in [9.17, 15) is 4.79 Å². The molecule has 3 N–H and O–H groups in total. The molecular weight excluding hydrogens is 148 g/mol. The average molecular weight is 156 g/mol. The fraction of sp³-hybridized carbons (Fsp3) is 0.400. The maximum Gasteiger partial charge on any atom is 0.329 e. The number of nitrogens with zero attached hydrogens (tertiary/aromatic N) is 2. The van der Waals surface area contributed by atoms with E-state index in [1.54, 1.807) is 0 Å². The molecule has 0 bridgehead atoms. The summed E-state index contributed by atoms with van der Waals surface area (Å²) in [6.45, 7) is 1.53. The van der Waals surface area contributed by atoms with E-state index in [4.69, 9.17) is 5.73 Å². The smallest absolute Gasteiger partial charge is 0.329 e. The second kappa shape index (κ2) is 3.11. The minimum absolute atomic E-state index is 0.132. The van der Waals surface area contributed by atoms with Crippen LogP contribution in [0.15, 0.2) is 6.20 Å². The number of aromatic nitrogens is 3. The van der Waals surface area contributed by atoms with Crippen LogP contribution in [0.5, 0.6) is 5.88 Å². The number of aromatic amines is 1. The van der Waals surface area contributed by atoms with Gasteiger partial charge in [0.2, 0.25) is 0 Å². The Morgan fingerprint density at radius 3 is 3.09 bits per heavy atom. The van der Waals surface area contributed by atoms with Crippen molar-refractivity contribution >= 4 is 5.97 Å². The monoisotopic (exact) mass is 156 g/mol. The van der Waals surface area contributed by atoms with Gasteiger partial charge in [-0.25, -0.2) is 4.79 Å². The summed E-state index contributed by atoms with van der Waals surface area (Å²) in [6, 6.07) is -0.647. The second-order valence-corrected chi connectivity index (χ2v) is 2.02. The first-order chi connectivity index (χ1) is 5.20. The Bertz CT molecular complexity index is 231. The molecule has 1 aromatic heterocycles. The third-order valence-corrected chi connectivity index (χ3v) is 0.971. The second-order valence-electron chi connectivity index (χ2n) is 2.02. The van der Waals surface area contributed by atoms with Crippen molar-refractivity contribution in [2.45, 2.75) is 13.0 Å². The van der Waals surface area contributed by atoms with Crippen LogP contribution in [0.4, 0.5) is 0 Å². The zero-order valence-electron chi connectivity index (χ0n) is 5.94. The molecule has 0 saturated heterocycles. The molecule has 60 valence electrons. The predicted molar refractivity (Wildman–Crippen MR) is 35.7 cm³/mol. The fourth-order valence-corrected chi connectivity index (χ4v) is 0.437. The standard InChI is InChI=1S/C5H8N4O2/c1-3(6)5(10)11-4-2-7-9-8-4/h2-3H,6H2,1H3,(H,7,8,9)/t3-/m0/s1. The third-order valence-electron chi connectivity index (χ3n) is 0.971. The molecule has 0 aliphatic rings. The largest absolute Gasteiger partial charge is 0.403 e. The van der Waals surface area contributed by atoms with Crippen molar-refractivity contribution in [1.29, 1.82) is 0 Å². The van der Waals surface area contributed by atoms with E-state index >= 15 is 0 Å². The average Bonchev–Trinajstić information content (AvgIpc) is 2.39. The zero-order valence-corrected chi connectivity index (χ0v) is 5.94. The molecule has 0 unspecified atom stereocenters. The van der Waals surface area contributed by atoms with Gasteiger partial charge < -0.3 is 10.5 Å². The lowest BCUT2D eigenvalue weighted by Crippen LogP contribution is -2.30. The van der Waals surface area contributed by atoms with E-state index in [0.717, 1.165) is 0 Å². The predicted octanol–water partition coefficient (Wildman–Crippen LogP) is -0.943. The molecule has 1 atom stereocenters. The molecule has 0 aliphatic carbocycles. The van der Waals surface area contributed by atoms with E-state index in [1.807, 2.05) is 0 Å². The van der Waals surface area contributed by atoms with Gasteiger partial charge in [0.05, 0.1) is 6.20 Å². The van der Waals surface area contributed by atoms with Crippen LogP contribution in [0.3, 0.4) is 0 Å². The highest BCUT2D eigenvalue weighted by Crippen LogP contribution is 2.00. The van der Waals surface area contributed by atoms with E-state index in [0.29, 0.717) is 0 Å². The Morgan fingerprint density at radius 2 is 2.64 bits per heavy atom. The van der Waals surface area contributed by atoms with Crippen molar-refractivity contribution in [3.63, 3.8) is 0 Å². The number of H-pyrrole nitrogens is 1. The molecule has 6 heteroatoms. The number of carbonyl (C=O) groups excluding carboxylic acids is 1. The molecule has 6 nitrogen and oxygen atoms in total. The van der Waals surface area contributed by atoms with Crippen LogP contribution >= 0.6 is 0 Å². The van der Waals surface area contributed by atoms with E-state index in [2.05, 4.69) is 20.1 Å². The summed E-state index contributed by atoms with van der Waals surface area (Å²) in [5, 5.41) is 9.17. The van der Waals surface area contributed by atoms with Crippen LogP contribution in [0.25, 0.3) is 0 Å². The summed E-state index contributed by atoms with van der Waals surface area (Å²) in [5.74, 6) is -0.397. The molecule has 1 aromatic rings. The Labute approximate surface area is 62.7 Å². The molecule has 1 heterocycles. The summed E-state index contributed by atoms with van der Waals surface area (Å²) < 4.78 is 4.65. The van der Waals surface area contributed by atoms with Gasteiger partial charge in [-0.2, -0.15) is 0 Å².